The second kappa shape index (κ2) is 6.15. The van der Waals surface area contributed by atoms with E-state index in [1.807, 2.05) is 12.1 Å². The molecule has 0 unspecified atom stereocenters. The van der Waals surface area contributed by atoms with Crippen molar-refractivity contribution in [2.45, 2.75) is 39.2 Å². The number of nitrogens with zero attached hydrogens (tertiary/aromatic N) is 1. The average Bonchev–Trinajstić information content (AvgIpc) is 2.64. The number of ether oxygens (including phenoxy) is 2. The summed E-state index contributed by atoms with van der Waals surface area (Å²) in [5, 5.41) is 12.8. The van der Waals surface area contributed by atoms with Gasteiger partial charge in [-0.3, -0.25) is 0 Å². The lowest BCUT2D eigenvalue weighted by Gasteiger charge is -2.24. The van der Waals surface area contributed by atoms with E-state index in [0.29, 0.717) is 5.75 Å². The fourth-order valence-electron chi connectivity index (χ4n) is 4.02. The number of aromatic nitrogens is 1. The molecule has 2 aromatic carbocycles. The number of methoxy groups -OCH3 is 2. The minimum Gasteiger partial charge on any atom is -0.508 e. The van der Waals surface area contributed by atoms with Gasteiger partial charge in [-0.2, -0.15) is 4.57 Å². The number of fused-ring (bicyclic) bond motifs is 4. The zero-order chi connectivity index (χ0) is 19.3. The summed E-state index contributed by atoms with van der Waals surface area (Å²) in [7, 11) is 3.32. The molecule has 1 aliphatic rings. The SMILES string of the molecule is COc1ccc2cc3[n+](cc2c1OC)CCc1cc(C(C)(C)C)c(O)cc1-3. The molecule has 0 atom stereocenters. The van der Waals surface area contributed by atoms with Gasteiger partial charge in [-0.05, 0) is 40.1 Å². The molecule has 0 saturated heterocycles. The van der Waals surface area contributed by atoms with Crippen LogP contribution in [0, 0.1) is 0 Å². The van der Waals surface area contributed by atoms with Gasteiger partial charge in [-0.1, -0.05) is 26.8 Å². The number of rotatable bonds is 2. The summed E-state index contributed by atoms with van der Waals surface area (Å²) in [6, 6.07) is 10.3. The number of hydrogen-bond donors (Lipinski definition) is 1. The Morgan fingerprint density at radius 1 is 1.04 bits per heavy atom. The van der Waals surface area contributed by atoms with Crippen LogP contribution in [0.15, 0.2) is 36.5 Å². The summed E-state index contributed by atoms with van der Waals surface area (Å²) in [6.45, 7) is 7.29. The van der Waals surface area contributed by atoms with Crippen molar-refractivity contribution in [2.24, 2.45) is 0 Å². The van der Waals surface area contributed by atoms with Gasteiger partial charge >= 0.3 is 0 Å². The molecule has 2 heterocycles. The highest BCUT2D eigenvalue weighted by Crippen LogP contribution is 2.40. The van der Waals surface area contributed by atoms with Gasteiger partial charge in [-0.15, -0.1) is 0 Å². The Morgan fingerprint density at radius 2 is 1.81 bits per heavy atom. The second-order valence-corrected chi connectivity index (χ2v) is 8.18. The standard InChI is InChI=1S/C23H25NO3/c1-23(2,3)18-10-15-8-9-24-13-17-14(6-7-21(26-4)22(17)27-5)11-19(24)16(15)12-20(18)25/h6-7,10-13H,8-9H2,1-5H3/p+1. The van der Waals surface area contributed by atoms with Crippen molar-refractivity contribution in [1.82, 2.24) is 0 Å². The molecule has 3 aromatic rings. The second-order valence-electron chi connectivity index (χ2n) is 8.18. The third-order valence-corrected chi connectivity index (χ3v) is 5.43. The minimum atomic E-state index is -0.0835. The summed E-state index contributed by atoms with van der Waals surface area (Å²) in [6.07, 6.45) is 3.07. The Hall–Kier alpha value is -2.75. The van der Waals surface area contributed by atoms with Gasteiger partial charge in [0.05, 0.1) is 25.2 Å². The summed E-state index contributed by atoms with van der Waals surface area (Å²) in [5.74, 6) is 1.85. The Morgan fingerprint density at radius 3 is 2.48 bits per heavy atom. The first kappa shape index (κ1) is 17.7. The lowest BCUT2D eigenvalue weighted by Crippen LogP contribution is -2.40. The molecule has 0 amide bonds. The molecule has 0 radical (unpaired) electrons. The van der Waals surface area contributed by atoms with Crippen LogP contribution in [-0.2, 0) is 18.4 Å². The van der Waals surface area contributed by atoms with Crippen molar-refractivity contribution in [3.05, 3.63) is 47.7 Å². The normalized spacial score (nSPS) is 13.2. The maximum atomic E-state index is 10.6. The summed E-state index contributed by atoms with van der Waals surface area (Å²) in [4.78, 5) is 0. The highest BCUT2D eigenvalue weighted by atomic mass is 16.5. The van der Waals surface area contributed by atoms with Crippen molar-refractivity contribution in [3.8, 4) is 28.5 Å². The van der Waals surface area contributed by atoms with Crippen LogP contribution in [0.3, 0.4) is 0 Å². The maximum absolute atomic E-state index is 10.6. The maximum Gasteiger partial charge on any atom is 0.213 e. The zero-order valence-corrected chi connectivity index (χ0v) is 16.6. The van der Waals surface area contributed by atoms with Crippen LogP contribution in [0.4, 0.5) is 0 Å². The van der Waals surface area contributed by atoms with E-state index in [1.165, 1.54) is 5.56 Å². The average molecular weight is 364 g/mol. The monoisotopic (exact) mass is 364 g/mol. The molecule has 1 aliphatic heterocycles. The molecule has 4 heteroatoms. The summed E-state index contributed by atoms with van der Waals surface area (Å²) >= 11 is 0. The van der Waals surface area contributed by atoms with E-state index in [-0.39, 0.29) is 5.41 Å². The van der Waals surface area contributed by atoms with Gasteiger partial charge in [0, 0.05) is 12.5 Å². The van der Waals surface area contributed by atoms with Crippen LogP contribution in [0.2, 0.25) is 0 Å². The topological polar surface area (TPSA) is 42.6 Å². The fraction of sp³-hybridized carbons (Fsp3) is 0.348. The quantitative estimate of drug-likeness (QED) is 0.687. The first-order chi connectivity index (χ1) is 12.8. The molecule has 27 heavy (non-hydrogen) atoms. The van der Waals surface area contributed by atoms with Crippen molar-refractivity contribution in [2.75, 3.05) is 14.2 Å². The van der Waals surface area contributed by atoms with Gasteiger partial charge in [0.2, 0.25) is 5.69 Å². The fourth-order valence-corrected chi connectivity index (χ4v) is 4.02. The smallest absolute Gasteiger partial charge is 0.213 e. The van der Waals surface area contributed by atoms with Crippen LogP contribution < -0.4 is 14.0 Å². The van der Waals surface area contributed by atoms with Gasteiger partial charge in [-0.25, -0.2) is 0 Å². The third kappa shape index (κ3) is 2.80. The van der Waals surface area contributed by atoms with E-state index in [1.54, 1.807) is 14.2 Å². The van der Waals surface area contributed by atoms with Crippen LogP contribution in [0.5, 0.6) is 17.2 Å². The van der Waals surface area contributed by atoms with E-state index in [4.69, 9.17) is 9.47 Å². The number of benzene rings is 2. The van der Waals surface area contributed by atoms with Crippen LogP contribution in [0.25, 0.3) is 22.0 Å². The molecule has 1 N–H and O–H groups in total. The predicted molar refractivity (Wildman–Crippen MR) is 107 cm³/mol. The number of hydrogen-bond acceptors (Lipinski definition) is 3. The number of phenols is 1. The molecule has 0 bridgehead atoms. The molecule has 4 rings (SSSR count). The van der Waals surface area contributed by atoms with Gasteiger partial charge in [0.15, 0.2) is 24.2 Å². The zero-order valence-electron chi connectivity index (χ0n) is 16.6. The third-order valence-electron chi connectivity index (χ3n) is 5.43. The van der Waals surface area contributed by atoms with E-state index in [0.717, 1.165) is 52.1 Å². The molecule has 1 aromatic heterocycles. The van der Waals surface area contributed by atoms with E-state index >= 15 is 0 Å². The van der Waals surface area contributed by atoms with Crippen molar-refractivity contribution in [1.29, 1.82) is 0 Å². The van der Waals surface area contributed by atoms with Crippen molar-refractivity contribution >= 4 is 10.8 Å². The lowest BCUT2D eigenvalue weighted by molar-refractivity contribution is -0.686. The lowest BCUT2D eigenvalue weighted by atomic mass is 9.82. The highest BCUT2D eigenvalue weighted by molar-refractivity contribution is 5.91. The predicted octanol–water partition coefficient (Wildman–Crippen LogP) is 4.37. The molecule has 0 saturated carbocycles. The Labute approximate surface area is 160 Å². The molecule has 140 valence electrons. The van der Waals surface area contributed by atoms with E-state index in [2.05, 4.69) is 49.7 Å². The van der Waals surface area contributed by atoms with Crippen LogP contribution in [0.1, 0.15) is 31.9 Å². The Bertz CT molecular complexity index is 1050. The number of aryl methyl sites for hydroxylation is 2. The van der Waals surface area contributed by atoms with Crippen LogP contribution >= 0.6 is 0 Å². The van der Waals surface area contributed by atoms with Gasteiger partial charge in [0.1, 0.15) is 5.75 Å². The molecule has 4 nitrogen and oxygen atoms in total. The first-order valence-electron chi connectivity index (χ1n) is 9.28. The molecule has 0 spiro atoms. The van der Waals surface area contributed by atoms with E-state index < -0.39 is 0 Å². The van der Waals surface area contributed by atoms with E-state index in [9.17, 15) is 5.11 Å². The summed E-state index contributed by atoms with van der Waals surface area (Å²) in [5.41, 5.74) is 4.43. The molecule has 0 aliphatic carbocycles. The number of aromatic hydroxyl groups is 1. The number of phenolic OH excluding ortho intramolecular Hbond substituents is 1. The van der Waals surface area contributed by atoms with Crippen LogP contribution in [-0.4, -0.2) is 19.3 Å². The first-order valence-corrected chi connectivity index (χ1v) is 9.28. The molecule has 0 fully saturated rings. The Balaban J connectivity index is 1.94. The summed E-state index contributed by atoms with van der Waals surface area (Å²) < 4.78 is 13.3. The Kier molecular flexibility index (Phi) is 4.02. The van der Waals surface area contributed by atoms with Crippen molar-refractivity contribution in [3.63, 3.8) is 0 Å². The minimum absolute atomic E-state index is 0.0835. The van der Waals surface area contributed by atoms with Gasteiger partial charge in [0.25, 0.3) is 0 Å². The largest absolute Gasteiger partial charge is 0.508 e. The van der Waals surface area contributed by atoms with Gasteiger partial charge < -0.3 is 14.6 Å². The number of pyridine rings is 1. The molecular formula is C23H26NO3+. The van der Waals surface area contributed by atoms with Crippen molar-refractivity contribution < 1.29 is 19.1 Å². The molecular weight excluding hydrogens is 338 g/mol. The highest BCUT2D eigenvalue weighted by Gasteiger charge is 2.28.